The summed E-state index contributed by atoms with van der Waals surface area (Å²) in [7, 11) is 0. The number of anilines is 1. The fourth-order valence-electron chi connectivity index (χ4n) is 4.00. The highest BCUT2D eigenvalue weighted by molar-refractivity contribution is 5.76. The standard InChI is InChI=1S/C25H27FN4O2/c1-18-3-4-19(2)23(17-18)28-13-15-29(16-14-28)24(31)11-12-30-25(32)10-9-22(27-30)20-5-7-21(26)8-6-20/h3-10,17H,11-16H2,1-2H3. The van der Waals surface area contributed by atoms with Crippen molar-refractivity contribution in [3.05, 3.63) is 81.9 Å². The molecule has 0 aliphatic carbocycles. The van der Waals surface area contributed by atoms with Crippen LogP contribution in [0.4, 0.5) is 10.1 Å². The lowest BCUT2D eigenvalue weighted by molar-refractivity contribution is -0.131. The second-order valence-corrected chi connectivity index (χ2v) is 8.19. The van der Waals surface area contributed by atoms with Crippen molar-refractivity contribution < 1.29 is 9.18 Å². The van der Waals surface area contributed by atoms with Crippen molar-refractivity contribution in [3.63, 3.8) is 0 Å². The number of hydrogen-bond donors (Lipinski definition) is 0. The number of rotatable bonds is 5. The highest BCUT2D eigenvalue weighted by Crippen LogP contribution is 2.23. The van der Waals surface area contributed by atoms with Crippen LogP contribution >= 0.6 is 0 Å². The summed E-state index contributed by atoms with van der Waals surface area (Å²) in [6, 6.07) is 15.4. The van der Waals surface area contributed by atoms with E-state index in [-0.39, 0.29) is 30.2 Å². The first kappa shape index (κ1) is 21.7. The lowest BCUT2D eigenvalue weighted by atomic mass is 10.1. The average molecular weight is 435 g/mol. The molecule has 0 saturated carbocycles. The van der Waals surface area contributed by atoms with Crippen molar-refractivity contribution in [2.45, 2.75) is 26.8 Å². The first-order valence-corrected chi connectivity index (χ1v) is 10.8. The maximum atomic E-state index is 13.2. The number of amides is 1. The van der Waals surface area contributed by atoms with Crippen LogP contribution < -0.4 is 10.5 Å². The largest absolute Gasteiger partial charge is 0.368 e. The predicted octanol–water partition coefficient (Wildman–Crippen LogP) is 3.41. The smallest absolute Gasteiger partial charge is 0.266 e. The van der Waals surface area contributed by atoms with E-state index in [4.69, 9.17) is 0 Å². The van der Waals surface area contributed by atoms with Crippen molar-refractivity contribution in [1.82, 2.24) is 14.7 Å². The molecule has 0 atom stereocenters. The number of carbonyl (C=O) groups excluding carboxylic acids is 1. The number of halogens is 1. The fraction of sp³-hybridized carbons (Fsp3) is 0.320. The average Bonchev–Trinajstić information content (AvgIpc) is 2.80. The van der Waals surface area contributed by atoms with Gasteiger partial charge in [0, 0.05) is 49.9 Å². The molecule has 4 rings (SSSR count). The molecule has 32 heavy (non-hydrogen) atoms. The van der Waals surface area contributed by atoms with E-state index in [1.54, 1.807) is 18.2 Å². The van der Waals surface area contributed by atoms with E-state index in [1.807, 2.05) is 4.90 Å². The predicted molar refractivity (Wildman–Crippen MR) is 123 cm³/mol. The molecule has 7 heteroatoms. The zero-order chi connectivity index (χ0) is 22.7. The van der Waals surface area contributed by atoms with Gasteiger partial charge in [0.1, 0.15) is 5.82 Å². The number of piperazine rings is 1. The molecule has 0 radical (unpaired) electrons. The molecule has 2 aromatic carbocycles. The Bertz CT molecular complexity index is 1170. The third kappa shape index (κ3) is 4.88. The highest BCUT2D eigenvalue weighted by Gasteiger charge is 2.22. The monoisotopic (exact) mass is 434 g/mol. The molecule has 6 nitrogen and oxygen atoms in total. The molecule has 1 amide bonds. The van der Waals surface area contributed by atoms with Gasteiger partial charge in [0.15, 0.2) is 0 Å². The first-order chi connectivity index (χ1) is 15.4. The second-order valence-electron chi connectivity index (χ2n) is 8.19. The second kappa shape index (κ2) is 9.34. The number of nitrogens with zero attached hydrogens (tertiary/aromatic N) is 4. The Morgan fingerprint density at radius 1 is 0.969 bits per heavy atom. The minimum Gasteiger partial charge on any atom is -0.368 e. The molecule has 0 unspecified atom stereocenters. The Morgan fingerprint density at radius 2 is 1.69 bits per heavy atom. The van der Waals surface area contributed by atoms with Gasteiger partial charge >= 0.3 is 0 Å². The molecule has 1 fully saturated rings. The zero-order valence-electron chi connectivity index (χ0n) is 18.4. The lowest BCUT2D eigenvalue weighted by Crippen LogP contribution is -2.49. The summed E-state index contributed by atoms with van der Waals surface area (Å²) >= 11 is 0. The Hall–Kier alpha value is -3.48. The number of carbonyl (C=O) groups is 1. The van der Waals surface area contributed by atoms with Gasteiger partial charge in [0.2, 0.25) is 5.91 Å². The Labute approximate surface area is 186 Å². The summed E-state index contributed by atoms with van der Waals surface area (Å²) in [6.45, 7) is 7.29. The zero-order valence-corrected chi connectivity index (χ0v) is 18.4. The van der Waals surface area contributed by atoms with Crippen molar-refractivity contribution in [2.24, 2.45) is 0 Å². The lowest BCUT2D eigenvalue weighted by Gasteiger charge is -2.37. The van der Waals surface area contributed by atoms with Gasteiger partial charge in [-0.25, -0.2) is 9.07 Å². The van der Waals surface area contributed by atoms with Crippen LogP contribution in [0.5, 0.6) is 0 Å². The molecule has 0 spiro atoms. The number of aromatic nitrogens is 2. The minimum atomic E-state index is -0.328. The molecule has 1 saturated heterocycles. The van der Waals surface area contributed by atoms with Crippen molar-refractivity contribution >= 4 is 11.6 Å². The molecule has 3 aromatic rings. The number of hydrogen-bond acceptors (Lipinski definition) is 4. The molecule has 0 N–H and O–H groups in total. The molecule has 166 valence electrons. The van der Waals surface area contributed by atoms with Gasteiger partial charge in [-0.15, -0.1) is 0 Å². The summed E-state index contributed by atoms with van der Waals surface area (Å²) < 4.78 is 14.5. The quantitative estimate of drug-likeness (QED) is 0.618. The topological polar surface area (TPSA) is 58.4 Å². The fourth-order valence-corrected chi connectivity index (χ4v) is 4.00. The van der Waals surface area contributed by atoms with Crippen molar-refractivity contribution in [3.8, 4) is 11.3 Å². The minimum absolute atomic E-state index is 0.0199. The summed E-state index contributed by atoms with van der Waals surface area (Å²) in [5.41, 5.74) is 4.72. The van der Waals surface area contributed by atoms with E-state index in [0.717, 1.165) is 13.1 Å². The summed E-state index contributed by atoms with van der Waals surface area (Å²) in [5, 5.41) is 4.36. The molecular weight excluding hydrogens is 407 g/mol. The van der Waals surface area contributed by atoms with E-state index in [9.17, 15) is 14.0 Å². The van der Waals surface area contributed by atoms with Crippen LogP contribution in [-0.4, -0.2) is 46.8 Å². The normalized spacial score (nSPS) is 14.0. The van der Waals surface area contributed by atoms with Gasteiger partial charge in [-0.05, 0) is 61.4 Å². The van der Waals surface area contributed by atoms with Crippen LogP contribution in [0, 0.1) is 19.7 Å². The molecule has 1 aliphatic rings. The van der Waals surface area contributed by atoms with Gasteiger partial charge in [-0.3, -0.25) is 9.59 Å². The van der Waals surface area contributed by atoms with Gasteiger partial charge < -0.3 is 9.80 Å². The van der Waals surface area contributed by atoms with Crippen LogP contribution in [0.25, 0.3) is 11.3 Å². The van der Waals surface area contributed by atoms with Gasteiger partial charge in [-0.1, -0.05) is 12.1 Å². The van der Waals surface area contributed by atoms with E-state index < -0.39 is 0 Å². The van der Waals surface area contributed by atoms with E-state index >= 15 is 0 Å². The van der Waals surface area contributed by atoms with Crippen LogP contribution in [-0.2, 0) is 11.3 Å². The maximum Gasteiger partial charge on any atom is 0.266 e. The Morgan fingerprint density at radius 3 is 2.41 bits per heavy atom. The van der Waals surface area contributed by atoms with Crippen LogP contribution in [0.2, 0.25) is 0 Å². The van der Waals surface area contributed by atoms with E-state index in [1.165, 1.54) is 39.7 Å². The van der Waals surface area contributed by atoms with E-state index in [0.29, 0.717) is 24.3 Å². The highest BCUT2D eigenvalue weighted by atomic mass is 19.1. The summed E-state index contributed by atoms with van der Waals surface area (Å²) in [6.07, 6.45) is 0.212. The molecule has 2 heterocycles. The first-order valence-electron chi connectivity index (χ1n) is 10.8. The SMILES string of the molecule is Cc1ccc(C)c(N2CCN(C(=O)CCn3nc(-c4ccc(F)cc4)ccc3=O)CC2)c1. The van der Waals surface area contributed by atoms with E-state index in [2.05, 4.69) is 42.0 Å². The molecule has 1 aromatic heterocycles. The Kier molecular flexibility index (Phi) is 6.35. The van der Waals surface area contributed by atoms with Crippen LogP contribution in [0.15, 0.2) is 59.4 Å². The summed E-state index contributed by atoms with van der Waals surface area (Å²) in [5.74, 6) is -0.308. The van der Waals surface area contributed by atoms with Gasteiger partial charge in [0.25, 0.3) is 5.56 Å². The third-order valence-corrected chi connectivity index (χ3v) is 5.88. The van der Waals surface area contributed by atoms with Crippen molar-refractivity contribution in [2.75, 3.05) is 31.1 Å². The molecule has 1 aliphatic heterocycles. The summed E-state index contributed by atoms with van der Waals surface area (Å²) in [4.78, 5) is 29.2. The van der Waals surface area contributed by atoms with Crippen LogP contribution in [0.3, 0.4) is 0 Å². The molecular formula is C25H27FN4O2. The Balaban J connectivity index is 1.36. The number of aryl methyl sites for hydroxylation is 3. The third-order valence-electron chi connectivity index (χ3n) is 5.88. The van der Waals surface area contributed by atoms with Crippen LogP contribution in [0.1, 0.15) is 17.5 Å². The van der Waals surface area contributed by atoms with Gasteiger partial charge in [0.05, 0.1) is 12.2 Å². The van der Waals surface area contributed by atoms with Gasteiger partial charge in [-0.2, -0.15) is 5.10 Å². The maximum absolute atomic E-state index is 13.2. The number of benzene rings is 2. The van der Waals surface area contributed by atoms with Crippen molar-refractivity contribution in [1.29, 1.82) is 0 Å². The molecule has 0 bridgehead atoms.